The van der Waals surface area contributed by atoms with Crippen LogP contribution < -0.4 is 4.72 Å². The van der Waals surface area contributed by atoms with Gasteiger partial charge in [-0.2, -0.15) is 0 Å². The van der Waals surface area contributed by atoms with E-state index in [1.165, 1.54) is 0 Å². The number of hydrogen-bond donors (Lipinski definition) is 2. The molecule has 2 rings (SSSR count). The van der Waals surface area contributed by atoms with Crippen LogP contribution in [0.3, 0.4) is 0 Å². The Morgan fingerprint density at radius 1 is 1.47 bits per heavy atom. The molecule has 0 fully saturated rings. The lowest BCUT2D eigenvalue weighted by atomic mass is 10.1. The van der Waals surface area contributed by atoms with Gasteiger partial charge in [-0.25, -0.2) is 13.1 Å². The number of alkyl halides is 1. The van der Waals surface area contributed by atoms with Crippen LogP contribution in [0.5, 0.6) is 0 Å². The zero-order valence-corrected chi connectivity index (χ0v) is 12.3. The van der Waals surface area contributed by atoms with E-state index < -0.39 is 22.2 Å². The molecule has 1 aromatic carbocycles. The predicted molar refractivity (Wildman–Crippen MR) is 75.7 cm³/mol. The smallest absolute Gasteiger partial charge is 0.212 e. The Labute approximate surface area is 118 Å². The number of sulfonamides is 1. The van der Waals surface area contributed by atoms with Crippen molar-refractivity contribution in [2.45, 2.75) is 25.5 Å². The van der Waals surface area contributed by atoms with Crippen molar-refractivity contribution in [1.29, 1.82) is 0 Å². The van der Waals surface area contributed by atoms with Crippen molar-refractivity contribution in [1.82, 2.24) is 4.72 Å². The molecule has 0 heterocycles. The lowest BCUT2D eigenvalue weighted by Gasteiger charge is -2.19. The van der Waals surface area contributed by atoms with Crippen LogP contribution in [0.25, 0.3) is 0 Å². The first-order chi connectivity index (χ1) is 8.93. The average Bonchev–Trinajstić information content (AvgIpc) is 2.65. The molecule has 0 spiro atoms. The van der Waals surface area contributed by atoms with Crippen molar-refractivity contribution >= 4 is 21.6 Å². The molecular weight excluding hydrogens is 286 g/mol. The molecule has 1 aliphatic rings. The van der Waals surface area contributed by atoms with Crippen LogP contribution in [0.15, 0.2) is 24.3 Å². The second kappa shape index (κ2) is 5.79. The fourth-order valence-electron chi connectivity index (χ4n) is 2.38. The molecule has 1 aromatic rings. The first-order valence-electron chi connectivity index (χ1n) is 6.25. The topological polar surface area (TPSA) is 66.4 Å². The molecule has 0 aromatic heterocycles. The minimum Gasteiger partial charge on any atom is -0.391 e. The highest BCUT2D eigenvalue weighted by molar-refractivity contribution is 7.89. The molecule has 0 aliphatic heterocycles. The van der Waals surface area contributed by atoms with Gasteiger partial charge >= 0.3 is 0 Å². The molecule has 0 bridgehead atoms. The number of nitrogens with one attached hydrogen (secondary N) is 1. The fourth-order valence-corrected chi connectivity index (χ4v) is 4.25. The number of halogens is 1. The van der Waals surface area contributed by atoms with E-state index in [0.29, 0.717) is 12.3 Å². The Morgan fingerprint density at radius 2 is 2.16 bits per heavy atom. The number of aliphatic hydroxyl groups is 1. The van der Waals surface area contributed by atoms with E-state index in [2.05, 4.69) is 4.72 Å². The number of hydrogen-bond acceptors (Lipinski definition) is 3. The van der Waals surface area contributed by atoms with Gasteiger partial charge in [-0.1, -0.05) is 31.2 Å². The fraction of sp³-hybridized carbons (Fsp3) is 0.538. The normalized spacial score (nSPS) is 24.2. The van der Waals surface area contributed by atoms with Gasteiger partial charge in [0.1, 0.15) is 0 Å². The highest BCUT2D eigenvalue weighted by Crippen LogP contribution is 2.31. The standard InChI is InChI=1S/C13H18ClNO3S/c1-9(7-14)8-19(17,18)15-13-11-5-3-2-4-10(11)6-12(13)16/h2-5,9,12-13,15-16H,6-8H2,1H3. The van der Waals surface area contributed by atoms with Crippen LogP contribution in [-0.4, -0.2) is 31.3 Å². The lowest BCUT2D eigenvalue weighted by Crippen LogP contribution is -2.36. The molecule has 0 saturated heterocycles. The van der Waals surface area contributed by atoms with Crippen molar-refractivity contribution in [2.75, 3.05) is 11.6 Å². The average molecular weight is 304 g/mol. The van der Waals surface area contributed by atoms with Gasteiger partial charge in [0.15, 0.2) is 0 Å². The molecule has 106 valence electrons. The molecule has 0 saturated carbocycles. The monoisotopic (exact) mass is 303 g/mol. The minimum absolute atomic E-state index is 0.0259. The minimum atomic E-state index is -3.45. The van der Waals surface area contributed by atoms with E-state index in [-0.39, 0.29) is 11.7 Å². The largest absolute Gasteiger partial charge is 0.391 e. The summed E-state index contributed by atoms with van der Waals surface area (Å²) >= 11 is 5.64. The van der Waals surface area contributed by atoms with Crippen LogP contribution >= 0.6 is 11.6 Å². The van der Waals surface area contributed by atoms with E-state index in [1.807, 2.05) is 24.3 Å². The van der Waals surface area contributed by atoms with Crippen LogP contribution in [0.4, 0.5) is 0 Å². The molecule has 3 unspecified atom stereocenters. The Bertz CT molecular complexity index is 547. The van der Waals surface area contributed by atoms with Crippen molar-refractivity contribution < 1.29 is 13.5 Å². The first-order valence-corrected chi connectivity index (χ1v) is 8.43. The van der Waals surface area contributed by atoms with E-state index in [0.717, 1.165) is 11.1 Å². The third-order valence-corrected chi connectivity index (χ3v) is 5.43. The summed E-state index contributed by atoms with van der Waals surface area (Å²) in [6, 6.07) is 6.94. The summed E-state index contributed by atoms with van der Waals surface area (Å²) in [7, 11) is -3.45. The zero-order chi connectivity index (χ0) is 14.0. The second-order valence-electron chi connectivity index (χ2n) is 5.11. The summed E-state index contributed by atoms with van der Waals surface area (Å²) in [5, 5.41) is 10.0. The van der Waals surface area contributed by atoms with Gasteiger partial charge < -0.3 is 5.11 Å². The van der Waals surface area contributed by atoms with E-state index in [9.17, 15) is 13.5 Å². The highest BCUT2D eigenvalue weighted by atomic mass is 35.5. The van der Waals surface area contributed by atoms with Crippen molar-refractivity contribution in [3.63, 3.8) is 0 Å². The van der Waals surface area contributed by atoms with Crippen LogP contribution in [0, 0.1) is 5.92 Å². The van der Waals surface area contributed by atoms with E-state index >= 15 is 0 Å². The maximum Gasteiger partial charge on any atom is 0.212 e. The van der Waals surface area contributed by atoms with Gasteiger partial charge in [-0.3, -0.25) is 0 Å². The van der Waals surface area contributed by atoms with Crippen LogP contribution in [0.2, 0.25) is 0 Å². The molecule has 2 N–H and O–H groups in total. The molecule has 3 atom stereocenters. The van der Waals surface area contributed by atoms with Gasteiger partial charge in [0.2, 0.25) is 10.0 Å². The maximum atomic E-state index is 12.0. The Kier molecular flexibility index (Phi) is 4.50. The summed E-state index contributed by atoms with van der Waals surface area (Å²) < 4.78 is 26.7. The number of benzene rings is 1. The molecule has 0 radical (unpaired) electrons. The van der Waals surface area contributed by atoms with Crippen LogP contribution in [0.1, 0.15) is 24.1 Å². The molecule has 0 amide bonds. The molecule has 19 heavy (non-hydrogen) atoms. The van der Waals surface area contributed by atoms with Gasteiger partial charge in [-0.15, -0.1) is 11.6 Å². The zero-order valence-electron chi connectivity index (χ0n) is 10.7. The lowest BCUT2D eigenvalue weighted by molar-refractivity contribution is 0.151. The summed E-state index contributed by atoms with van der Waals surface area (Å²) in [6.07, 6.45) is -0.229. The highest BCUT2D eigenvalue weighted by Gasteiger charge is 2.33. The third-order valence-electron chi connectivity index (χ3n) is 3.28. The van der Waals surface area contributed by atoms with Gasteiger partial charge in [0, 0.05) is 12.3 Å². The maximum absolute atomic E-state index is 12.0. The Balaban J connectivity index is 2.15. The molecule has 4 nitrogen and oxygen atoms in total. The Morgan fingerprint density at radius 3 is 2.84 bits per heavy atom. The summed E-state index contributed by atoms with van der Waals surface area (Å²) in [5.74, 6) is 0.153. The summed E-state index contributed by atoms with van der Waals surface area (Å²) in [6.45, 7) is 1.78. The molecule has 1 aliphatic carbocycles. The number of fused-ring (bicyclic) bond motifs is 1. The van der Waals surface area contributed by atoms with Crippen molar-refractivity contribution in [3.05, 3.63) is 35.4 Å². The number of rotatable bonds is 5. The van der Waals surface area contributed by atoms with E-state index in [1.54, 1.807) is 6.92 Å². The van der Waals surface area contributed by atoms with Crippen LogP contribution in [-0.2, 0) is 16.4 Å². The molecular formula is C13H18ClNO3S. The van der Waals surface area contributed by atoms with E-state index in [4.69, 9.17) is 11.6 Å². The second-order valence-corrected chi connectivity index (χ2v) is 7.21. The summed E-state index contributed by atoms with van der Waals surface area (Å²) in [4.78, 5) is 0. The molecule has 6 heteroatoms. The first kappa shape index (κ1) is 14.8. The number of aliphatic hydroxyl groups excluding tert-OH is 1. The predicted octanol–water partition coefficient (Wildman–Crippen LogP) is 1.44. The SMILES string of the molecule is CC(CCl)CS(=O)(=O)NC1c2ccccc2CC1O. The van der Waals surface area contributed by atoms with Gasteiger partial charge in [0.25, 0.3) is 0 Å². The van der Waals surface area contributed by atoms with Crippen molar-refractivity contribution in [3.8, 4) is 0 Å². The quantitative estimate of drug-likeness (QED) is 0.809. The van der Waals surface area contributed by atoms with Crippen molar-refractivity contribution in [2.24, 2.45) is 5.92 Å². The van der Waals surface area contributed by atoms with Gasteiger partial charge in [-0.05, 0) is 17.0 Å². The van der Waals surface area contributed by atoms with Gasteiger partial charge in [0.05, 0.1) is 17.9 Å². The third kappa shape index (κ3) is 3.48. The Hall–Kier alpha value is -0.620. The summed E-state index contributed by atoms with van der Waals surface area (Å²) in [5.41, 5.74) is 1.85.